The molecule has 0 aliphatic heterocycles. The first-order valence-electron chi connectivity index (χ1n) is 5.23. The Morgan fingerprint density at radius 2 is 1.59 bits per heavy atom. The van der Waals surface area contributed by atoms with Gasteiger partial charge in [-0.1, -0.05) is 0 Å². The number of hydrogen-bond donors (Lipinski definition) is 2. The molecule has 1 rings (SSSR count). The van der Waals surface area contributed by atoms with Gasteiger partial charge in [0.2, 0.25) is 0 Å². The topological polar surface area (TPSA) is 49.8 Å². The summed E-state index contributed by atoms with van der Waals surface area (Å²) in [5.74, 6) is 1.20. The molecule has 17 heavy (non-hydrogen) atoms. The molecule has 7 heteroatoms. The molecule has 1 aromatic rings. The lowest BCUT2D eigenvalue weighted by Gasteiger charge is -2.14. The molecule has 0 aromatic carbocycles. The van der Waals surface area contributed by atoms with Crippen LogP contribution in [0.3, 0.4) is 0 Å². The standard InChI is InChI=1S/C10H15F3N4/c1-4-14-8-6(2)9(17-7(3)16-8)15-5-10(11,12)13/h4-5H2,1-3H3,(H2,14,15,16,17). The van der Waals surface area contributed by atoms with E-state index in [4.69, 9.17) is 0 Å². The van der Waals surface area contributed by atoms with Crippen LogP contribution < -0.4 is 10.6 Å². The van der Waals surface area contributed by atoms with Gasteiger partial charge in [0, 0.05) is 12.1 Å². The summed E-state index contributed by atoms with van der Waals surface area (Å²) in [7, 11) is 0. The number of nitrogens with one attached hydrogen (secondary N) is 2. The lowest BCUT2D eigenvalue weighted by atomic mass is 10.3. The number of aromatic nitrogens is 2. The Balaban J connectivity index is 2.91. The van der Waals surface area contributed by atoms with Gasteiger partial charge >= 0.3 is 6.18 Å². The number of anilines is 2. The zero-order valence-electron chi connectivity index (χ0n) is 9.94. The first-order chi connectivity index (χ1) is 7.83. The lowest BCUT2D eigenvalue weighted by molar-refractivity contribution is -0.115. The third kappa shape index (κ3) is 4.08. The van der Waals surface area contributed by atoms with Gasteiger partial charge in [-0.2, -0.15) is 13.2 Å². The number of alkyl halides is 3. The predicted octanol–water partition coefficient (Wildman–Crippen LogP) is 2.50. The molecule has 0 amide bonds. The fourth-order valence-corrected chi connectivity index (χ4v) is 1.32. The van der Waals surface area contributed by atoms with E-state index >= 15 is 0 Å². The molecular weight excluding hydrogens is 233 g/mol. The van der Waals surface area contributed by atoms with Crippen LogP contribution in [0.2, 0.25) is 0 Å². The van der Waals surface area contributed by atoms with Crippen LogP contribution in [-0.4, -0.2) is 29.2 Å². The quantitative estimate of drug-likeness (QED) is 0.859. The van der Waals surface area contributed by atoms with E-state index < -0.39 is 12.7 Å². The van der Waals surface area contributed by atoms with E-state index in [-0.39, 0.29) is 5.82 Å². The van der Waals surface area contributed by atoms with E-state index in [9.17, 15) is 13.2 Å². The van der Waals surface area contributed by atoms with E-state index in [2.05, 4.69) is 20.6 Å². The summed E-state index contributed by atoms with van der Waals surface area (Å²) in [6.07, 6.45) is -4.26. The van der Waals surface area contributed by atoms with E-state index in [1.807, 2.05) is 6.92 Å². The van der Waals surface area contributed by atoms with Gasteiger partial charge in [0.05, 0.1) is 0 Å². The van der Waals surface area contributed by atoms with Crippen molar-refractivity contribution < 1.29 is 13.2 Å². The van der Waals surface area contributed by atoms with Crippen LogP contribution in [0.25, 0.3) is 0 Å². The molecule has 0 bridgehead atoms. The average molecular weight is 248 g/mol. The van der Waals surface area contributed by atoms with Crippen LogP contribution in [0, 0.1) is 13.8 Å². The monoisotopic (exact) mass is 248 g/mol. The van der Waals surface area contributed by atoms with Gasteiger partial charge in [-0.25, -0.2) is 9.97 Å². The van der Waals surface area contributed by atoms with E-state index in [1.54, 1.807) is 13.8 Å². The summed E-state index contributed by atoms with van der Waals surface area (Å²) >= 11 is 0. The molecule has 1 heterocycles. The summed E-state index contributed by atoms with van der Waals surface area (Å²) in [6, 6.07) is 0. The fraction of sp³-hybridized carbons (Fsp3) is 0.600. The second kappa shape index (κ2) is 5.20. The number of aryl methyl sites for hydroxylation is 1. The molecule has 1 aromatic heterocycles. The van der Waals surface area contributed by atoms with Gasteiger partial charge in [0.1, 0.15) is 24.0 Å². The van der Waals surface area contributed by atoms with E-state index in [0.29, 0.717) is 23.8 Å². The first-order valence-corrected chi connectivity index (χ1v) is 5.23. The van der Waals surface area contributed by atoms with Gasteiger partial charge in [0.15, 0.2) is 0 Å². The number of nitrogens with zero attached hydrogens (tertiary/aromatic N) is 2. The maximum atomic E-state index is 12.1. The maximum absolute atomic E-state index is 12.1. The van der Waals surface area contributed by atoms with E-state index in [1.165, 1.54) is 0 Å². The molecule has 0 saturated carbocycles. The fourth-order valence-electron chi connectivity index (χ4n) is 1.32. The molecule has 0 spiro atoms. The zero-order valence-corrected chi connectivity index (χ0v) is 9.94. The number of rotatable bonds is 4. The summed E-state index contributed by atoms with van der Waals surface area (Å²) in [5.41, 5.74) is 0.585. The average Bonchev–Trinajstić information content (AvgIpc) is 2.20. The van der Waals surface area contributed by atoms with Crippen molar-refractivity contribution in [1.82, 2.24) is 9.97 Å². The minimum atomic E-state index is -4.26. The Bertz CT molecular complexity index is 390. The molecule has 0 fully saturated rings. The number of halogens is 3. The molecule has 0 aliphatic carbocycles. The maximum Gasteiger partial charge on any atom is 0.405 e. The summed E-state index contributed by atoms with van der Waals surface area (Å²) in [5, 5.41) is 5.26. The number of hydrogen-bond acceptors (Lipinski definition) is 4. The highest BCUT2D eigenvalue weighted by atomic mass is 19.4. The van der Waals surface area contributed by atoms with Gasteiger partial charge in [-0.15, -0.1) is 0 Å². The third-order valence-corrected chi connectivity index (χ3v) is 2.06. The van der Waals surface area contributed by atoms with Gasteiger partial charge in [-0.05, 0) is 20.8 Å². The van der Waals surface area contributed by atoms with Gasteiger partial charge in [0.25, 0.3) is 0 Å². The zero-order chi connectivity index (χ0) is 13.1. The van der Waals surface area contributed by atoms with Crippen LogP contribution in [0.15, 0.2) is 0 Å². The highest BCUT2D eigenvalue weighted by molar-refractivity contribution is 5.57. The van der Waals surface area contributed by atoms with Crippen molar-refractivity contribution in [3.63, 3.8) is 0 Å². The molecule has 0 aliphatic rings. The van der Waals surface area contributed by atoms with Crippen molar-refractivity contribution in [2.75, 3.05) is 23.7 Å². The van der Waals surface area contributed by atoms with E-state index in [0.717, 1.165) is 0 Å². The van der Waals surface area contributed by atoms with Crippen molar-refractivity contribution in [3.8, 4) is 0 Å². The highest BCUT2D eigenvalue weighted by Crippen LogP contribution is 2.22. The largest absolute Gasteiger partial charge is 0.405 e. The van der Waals surface area contributed by atoms with Crippen LogP contribution in [0.1, 0.15) is 18.3 Å². The van der Waals surface area contributed by atoms with Crippen LogP contribution in [0.4, 0.5) is 24.8 Å². The molecule has 4 nitrogen and oxygen atoms in total. The lowest BCUT2D eigenvalue weighted by Crippen LogP contribution is -2.23. The van der Waals surface area contributed by atoms with Gasteiger partial charge in [-0.3, -0.25) is 0 Å². The molecule has 0 saturated heterocycles. The van der Waals surface area contributed by atoms with Crippen molar-refractivity contribution in [3.05, 3.63) is 11.4 Å². The Kier molecular flexibility index (Phi) is 4.14. The van der Waals surface area contributed by atoms with Crippen molar-refractivity contribution in [1.29, 1.82) is 0 Å². The molecular formula is C10H15F3N4. The third-order valence-electron chi connectivity index (χ3n) is 2.06. The first kappa shape index (κ1) is 13.5. The Hall–Kier alpha value is -1.53. The SMILES string of the molecule is CCNc1nc(C)nc(NCC(F)(F)F)c1C. The minimum Gasteiger partial charge on any atom is -0.370 e. The van der Waals surface area contributed by atoms with Crippen LogP contribution in [0.5, 0.6) is 0 Å². The van der Waals surface area contributed by atoms with Crippen LogP contribution >= 0.6 is 0 Å². The van der Waals surface area contributed by atoms with Gasteiger partial charge < -0.3 is 10.6 Å². The Morgan fingerprint density at radius 3 is 2.06 bits per heavy atom. The Labute approximate surface area is 97.7 Å². The predicted molar refractivity (Wildman–Crippen MR) is 60.2 cm³/mol. The molecule has 0 unspecified atom stereocenters. The second-order valence-corrected chi connectivity index (χ2v) is 3.59. The Morgan fingerprint density at radius 1 is 1.06 bits per heavy atom. The smallest absolute Gasteiger partial charge is 0.370 e. The molecule has 96 valence electrons. The summed E-state index contributed by atoms with van der Waals surface area (Å²) in [4.78, 5) is 8.08. The molecule has 2 N–H and O–H groups in total. The van der Waals surface area contributed by atoms with Crippen molar-refractivity contribution in [2.24, 2.45) is 0 Å². The van der Waals surface area contributed by atoms with Crippen molar-refractivity contribution >= 4 is 11.6 Å². The van der Waals surface area contributed by atoms with Crippen molar-refractivity contribution in [2.45, 2.75) is 26.9 Å². The summed E-state index contributed by atoms with van der Waals surface area (Å²) < 4.78 is 36.3. The summed E-state index contributed by atoms with van der Waals surface area (Å²) in [6.45, 7) is 4.75. The normalized spacial score (nSPS) is 11.4. The molecule has 0 radical (unpaired) electrons. The molecule has 0 atom stereocenters. The minimum absolute atomic E-state index is 0.214. The highest BCUT2D eigenvalue weighted by Gasteiger charge is 2.27. The van der Waals surface area contributed by atoms with Crippen LogP contribution in [-0.2, 0) is 0 Å². The second-order valence-electron chi connectivity index (χ2n) is 3.59.